The van der Waals surface area contributed by atoms with E-state index in [4.69, 9.17) is 16.9 Å². The minimum Gasteiger partial charge on any atom is -0.386 e. The smallest absolute Gasteiger partial charge is 0.104 e. The Morgan fingerprint density at radius 2 is 2.46 bits per heavy atom. The third-order valence-electron chi connectivity index (χ3n) is 1.87. The molecule has 2 nitrogen and oxygen atoms in total. The molecular weight excluding hydrogens is 206 g/mol. The van der Waals surface area contributed by atoms with Crippen LogP contribution in [0.25, 0.3) is 0 Å². The van der Waals surface area contributed by atoms with E-state index in [2.05, 4.69) is 6.07 Å². The van der Waals surface area contributed by atoms with Crippen molar-refractivity contribution in [3.8, 4) is 6.07 Å². The predicted molar refractivity (Wildman–Crippen MR) is 53.7 cm³/mol. The highest BCUT2D eigenvalue weighted by molar-refractivity contribution is 7.10. The summed E-state index contributed by atoms with van der Waals surface area (Å²) in [6.45, 7) is 1.88. The second-order valence-corrected chi connectivity index (χ2v) is 4.14. The maximum Gasteiger partial charge on any atom is 0.104 e. The van der Waals surface area contributed by atoms with Crippen molar-refractivity contribution in [3.05, 3.63) is 21.3 Å². The standard InChI is InChI=1S/C9H10ClNOS/c1-2-6(4-11)9(12)8-3-7(10)5-13-8/h3,5-6,9,12H,2H2,1H3. The SMILES string of the molecule is CCC(C#N)C(O)c1cc(Cl)cs1. The first-order valence-electron chi connectivity index (χ1n) is 4.00. The molecule has 2 atom stereocenters. The third kappa shape index (κ3) is 2.44. The topological polar surface area (TPSA) is 44.0 Å². The Morgan fingerprint density at radius 1 is 1.77 bits per heavy atom. The van der Waals surface area contributed by atoms with Crippen molar-refractivity contribution < 1.29 is 5.11 Å². The largest absolute Gasteiger partial charge is 0.386 e. The zero-order chi connectivity index (χ0) is 9.84. The summed E-state index contributed by atoms with van der Waals surface area (Å²) in [6.07, 6.45) is -0.0554. The van der Waals surface area contributed by atoms with E-state index >= 15 is 0 Å². The van der Waals surface area contributed by atoms with Crippen LogP contribution in [0.15, 0.2) is 11.4 Å². The van der Waals surface area contributed by atoms with E-state index < -0.39 is 6.10 Å². The Hall–Kier alpha value is -0.560. The second kappa shape index (κ2) is 4.61. The molecule has 1 aromatic heterocycles. The van der Waals surface area contributed by atoms with Gasteiger partial charge in [-0.3, -0.25) is 0 Å². The molecule has 1 aromatic rings. The number of halogens is 1. The molecule has 0 spiro atoms. The first-order valence-corrected chi connectivity index (χ1v) is 5.26. The molecule has 0 saturated carbocycles. The molecule has 0 aliphatic rings. The zero-order valence-corrected chi connectivity index (χ0v) is 8.77. The lowest BCUT2D eigenvalue weighted by Crippen LogP contribution is -2.07. The average Bonchev–Trinajstić information content (AvgIpc) is 2.54. The van der Waals surface area contributed by atoms with Crippen LogP contribution in [0.3, 0.4) is 0 Å². The summed E-state index contributed by atoms with van der Waals surface area (Å²) < 4.78 is 0. The molecule has 0 aliphatic carbocycles. The summed E-state index contributed by atoms with van der Waals surface area (Å²) in [7, 11) is 0. The molecule has 0 amide bonds. The number of nitriles is 1. The minimum absolute atomic E-state index is 0.338. The van der Waals surface area contributed by atoms with Gasteiger partial charge in [0.25, 0.3) is 0 Å². The molecule has 0 fully saturated rings. The average molecular weight is 216 g/mol. The summed E-state index contributed by atoms with van der Waals surface area (Å²) in [4.78, 5) is 0.762. The van der Waals surface area contributed by atoms with E-state index in [1.165, 1.54) is 11.3 Å². The van der Waals surface area contributed by atoms with E-state index in [-0.39, 0.29) is 5.92 Å². The van der Waals surface area contributed by atoms with Gasteiger partial charge in [0.05, 0.1) is 17.0 Å². The van der Waals surface area contributed by atoms with Gasteiger partial charge in [0.15, 0.2) is 0 Å². The number of aliphatic hydroxyl groups excluding tert-OH is 1. The first kappa shape index (κ1) is 10.5. The van der Waals surface area contributed by atoms with Crippen LogP contribution < -0.4 is 0 Å². The highest BCUT2D eigenvalue weighted by Gasteiger charge is 2.20. The van der Waals surface area contributed by atoms with Gasteiger partial charge in [-0.1, -0.05) is 18.5 Å². The molecule has 13 heavy (non-hydrogen) atoms. The summed E-state index contributed by atoms with van der Waals surface area (Å²) in [5.74, 6) is -0.338. The van der Waals surface area contributed by atoms with Crippen molar-refractivity contribution in [2.75, 3.05) is 0 Å². The molecule has 0 aliphatic heterocycles. The number of hydrogen-bond donors (Lipinski definition) is 1. The maximum absolute atomic E-state index is 9.72. The number of thiophene rings is 1. The van der Waals surface area contributed by atoms with Crippen molar-refractivity contribution in [2.45, 2.75) is 19.4 Å². The van der Waals surface area contributed by atoms with Gasteiger partial charge in [-0.05, 0) is 12.5 Å². The van der Waals surface area contributed by atoms with Crippen molar-refractivity contribution in [1.82, 2.24) is 0 Å². The lowest BCUT2D eigenvalue weighted by Gasteiger charge is -2.12. The van der Waals surface area contributed by atoms with Crippen molar-refractivity contribution in [1.29, 1.82) is 5.26 Å². The molecule has 1 N–H and O–H groups in total. The van der Waals surface area contributed by atoms with Gasteiger partial charge in [0, 0.05) is 10.3 Å². The van der Waals surface area contributed by atoms with Crippen LogP contribution in [0.5, 0.6) is 0 Å². The molecule has 70 valence electrons. The molecule has 0 aromatic carbocycles. The lowest BCUT2D eigenvalue weighted by atomic mass is 10.0. The second-order valence-electron chi connectivity index (χ2n) is 2.76. The Labute approximate surface area is 86.4 Å². The summed E-state index contributed by atoms with van der Waals surface area (Å²) in [5.41, 5.74) is 0. The minimum atomic E-state index is -0.701. The van der Waals surface area contributed by atoms with E-state index in [0.29, 0.717) is 11.4 Å². The highest BCUT2D eigenvalue weighted by atomic mass is 35.5. The van der Waals surface area contributed by atoms with E-state index in [1.807, 2.05) is 6.92 Å². The number of aliphatic hydroxyl groups is 1. The van der Waals surface area contributed by atoms with Gasteiger partial charge in [-0.15, -0.1) is 11.3 Å². The number of nitrogens with zero attached hydrogens (tertiary/aromatic N) is 1. The maximum atomic E-state index is 9.72. The van der Waals surface area contributed by atoms with E-state index in [9.17, 15) is 5.11 Å². The molecule has 1 heterocycles. The highest BCUT2D eigenvalue weighted by Crippen LogP contribution is 2.30. The fraction of sp³-hybridized carbons (Fsp3) is 0.444. The fourth-order valence-electron chi connectivity index (χ4n) is 1.07. The van der Waals surface area contributed by atoms with Crippen molar-refractivity contribution >= 4 is 22.9 Å². The normalized spacial score (nSPS) is 14.9. The molecular formula is C9H10ClNOS. The van der Waals surface area contributed by atoms with Crippen LogP contribution in [0.1, 0.15) is 24.3 Å². The lowest BCUT2D eigenvalue weighted by molar-refractivity contribution is 0.136. The summed E-state index contributed by atoms with van der Waals surface area (Å²) in [6, 6.07) is 3.78. The van der Waals surface area contributed by atoms with Gasteiger partial charge >= 0.3 is 0 Å². The summed E-state index contributed by atoms with van der Waals surface area (Å²) >= 11 is 7.10. The van der Waals surface area contributed by atoms with Gasteiger partial charge in [-0.25, -0.2) is 0 Å². The molecule has 4 heteroatoms. The molecule has 0 saturated heterocycles. The van der Waals surface area contributed by atoms with Gasteiger partial charge < -0.3 is 5.11 Å². The van der Waals surface area contributed by atoms with Crippen LogP contribution in [0.2, 0.25) is 5.02 Å². The zero-order valence-electron chi connectivity index (χ0n) is 7.20. The summed E-state index contributed by atoms with van der Waals surface area (Å²) in [5, 5.41) is 20.8. The van der Waals surface area contributed by atoms with Crippen LogP contribution in [-0.4, -0.2) is 5.11 Å². The van der Waals surface area contributed by atoms with Gasteiger partial charge in [-0.2, -0.15) is 5.26 Å². The quantitative estimate of drug-likeness (QED) is 0.843. The van der Waals surface area contributed by atoms with Crippen LogP contribution >= 0.6 is 22.9 Å². The Balaban J connectivity index is 2.78. The Bertz CT molecular complexity index is 318. The number of rotatable bonds is 3. The molecule has 2 unspecified atom stereocenters. The third-order valence-corrected chi connectivity index (χ3v) is 3.22. The first-order chi connectivity index (χ1) is 6.19. The fourth-order valence-corrected chi connectivity index (χ4v) is 2.20. The van der Waals surface area contributed by atoms with Crippen molar-refractivity contribution in [3.63, 3.8) is 0 Å². The Kier molecular flexibility index (Phi) is 3.73. The Morgan fingerprint density at radius 3 is 2.85 bits per heavy atom. The van der Waals surface area contributed by atoms with Crippen LogP contribution in [0, 0.1) is 17.2 Å². The van der Waals surface area contributed by atoms with E-state index in [1.54, 1.807) is 11.4 Å². The molecule has 0 radical (unpaired) electrons. The molecule has 1 rings (SSSR count). The van der Waals surface area contributed by atoms with E-state index in [0.717, 1.165) is 4.88 Å². The van der Waals surface area contributed by atoms with Crippen LogP contribution in [0.4, 0.5) is 0 Å². The van der Waals surface area contributed by atoms with Gasteiger partial charge in [0.1, 0.15) is 6.10 Å². The molecule has 0 bridgehead atoms. The van der Waals surface area contributed by atoms with Gasteiger partial charge in [0.2, 0.25) is 0 Å². The predicted octanol–water partition coefficient (Wildman–Crippen LogP) is 2.98. The number of hydrogen-bond acceptors (Lipinski definition) is 3. The monoisotopic (exact) mass is 215 g/mol. The van der Waals surface area contributed by atoms with Crippen LogP contribution in [-0.2, 0) is 0 Å². The van der Waals surface area contributed by atoms with Crippen molar-refractivity contribution in [2.24, 2.45) is 5.92 Å².